The van der Waals surface area contributed by atoms with Gasteiger partial charge in [0.2, 0.25) is 0 Å². The lowest BCUT2D eigenvalue weighted by Gasteiger charge is -2.18. The second-order valence-corrected chi connectivity index (χ2v) is 5.48. The molecule has 118 valence electrons. The number of aromatic nitrogens is 2. The zero-order valence-corrected chi connectivity index (χ0v) is 13.2. The van der Waals surface area contributed by atoms with Crippen molar-refractivity contribution in [1.82, 2.24) is 14.9 Å². The Balaban J connectivity index is 1.60. The Labute approximate surface area is 134 Å². The smallest absolute Gasteiger partial charge is 0.253 e. The average Bonchev–Trinajstić information content (AvgIpc) is 3.03. The van der Waals surface area contributed by atoms with E-state index in [-0.39, 0.29) is 5.91 Å². The summed E-state index contributed by atoms with van der Waals surface area (Å²) in [5.74, 6) is 0.821. The molecule has 2 aromatic carbocycles. The molecule has 1 N–H and O–H groups in total. The highest BCUT2D eigenvalue weighted by atomic mass is 16.5. The number of aromatic amines is 1. The molecule has 1 aromatic heterocycles. The maximum absolute atomic E-state index is 12.5. The van der Waals surface area contributed by atoms with Crippen LogP contribution < -0.4 is 4.74 Å². The van der Waals surface area contributed by atoms with Gasteiger partial charge in [-0.15, -0.1) is 0 Å². The van der Waals surface area contributed by atoms with Gasteiger partial charge in [0.25, 0.3) is 5.91 Å². The van der Waals surface area contributed by atoms with Gasteiger partial charge < -0.3 is 14.6 Å². The molecule has 0 unspecified atom stereocenters. The van der Waals surface area contributed by atoms with Crippen molar-refractivity contribution in [3.63, 3.8) is 0 Å². The van der Waals surface area contributed by atoms with Crippen LogP contribution in [0.15, 0.2) is 48.8 Å². The largest absolute Gasteiger partial charge is 0.491 e. The normalized spacial score (nSPS) is 10.7. The quantitative estimate of drug-likeness (QED) is 0.788. The van der Waals surface area contributed by atoms with Crippen LogP contribution in [0.4, 0.5) is 0 Å². The molecule has 0 saturated carbocycles. The number of fused-ring (bicyclic) bond motifs is 1. The van der Waals surface area contributed by atoms with Crippen LogP contribution in [-0.2, 0) is 0 Å². The lowest BCUT2D eigenvalue weighted by Crippen LogP contribution is -2.30. The lowest BCUT2D eigenvalue weighted by molar-refractivity contribution is 0.0774. The molecular formula is C18H19N3O2. The van der Waals surface area contributed by atoms with Crippen LogP contribution in [-0.4, -0.2) is 41.0 Å². The molecule has 5 heteroatoms. The van der Waals surface area contributed by atoms with Crippen molar-refractivity contribution in [2.45, 2.75) is 6.92 Å². The second-order valence-electron chi connectivity index (χ2n) is 5.48. The monoisotopic (exact) mass is 309 g/mol. The Kier molecular flexibility index (Phi) is 4.28. The van der Waals surface area contributed by atoms with Gasteiger partial charge in [0.15, 0.2) is 0 Å². The van der Waals surface area contributed by atoms with Crippen molar-refractivity contribution in [2.24, 2.45) is 0 Å². The van der Waals surface area contributed by atoms with Crippen LogP contribution in [0.25, 0.3) is 11.0 Å². The standard InChI is InChI=1S/C18H19N3O2/c1-13-5-3-4-6-17(13)23-10-9-21(2)18(22)14-7-8-15-16(11-14)20-12-19-15/h3-8,11-12H,9-10H2,1-2H3,(H,19,20). The molecule has 3 aromatic rings. The van der Waals surface area contributed by atoms with Gasteiger partial charge in [-0.05, 0) is 36.8 Å². The first-order valence-corrected chi connectivity index (χ1v) is 7.52. The summed E-state index contributed by atoms with van der Waals surface area (Å²) in [5.41, 5.74) is 3.44. The minimum Gasteiger partial charge on any atom is -0.491 e. The number of H-pyrrole nitrogens is 1. The minimum atomic E-state index is -0.0325. The molecule has 0 saturated heterocycles. The number of rotatable bonds is 5. The van der Waals surface area contributed by atoms with Crippen molar-refractivity contribution in [3.05, 3.63) is 59.9 Å². The van der Waals surface area contributed by atoms with Crippen LogP contribution in [0.3, 0.4) is 0 Å². The molecule has 0 atom stereocenters. The highest BCUT2D eigenvalue weighted by Crippen LogP contribution is 2.16. The number of carbonyl (C=O) groups is 1. The molecule has 0 bridgehead atoms. The highest BCUT2D eigenvalue weighted by molar-refractivity contribution is 5.97. The van der Waals surface area contributed by atoms with Crippen LogP contribution in [0, 0.1) is 6.92 Å². The van der Waals surface area contributed by atoms with E-state index in [0.29, 0.717) is 18.7 Å². The molecular weight excluding hydrogens is 290 g/mol. The fourth-order valence-electron chi connectivity index (χ4n) is 2.40. The number of nitrogens with zero attached hydrogens (tertiary/aromatic N) is 2. The van der Waals surface area contributed by atoms with Gasteiger partial charge in [-0.2, -0.15) is 0 Å². The summed E-state index contributed by atoms with van der Waals surface area (Å²) in [6, 6.07) is 13.3. The van der Waals surface area contributed by atoms with Crippen LogP contribution >= 0.6 is 0 Å². The fraction of sp³-hybridized carbons (Fsp3) is 0.222. The number of amides is 1. The Morgan fingerprint density at radius 2 is 2.09 bits per heavy atom. The number of benzene rings is 2. The number of carbonyl (C=O) groups excluding carboxylic acids is 1. The van der Waals surface area contributed by atoms with Crippen molar-refractivity contribution in [3.8, 4) is 5.75 Å². The Morgan fingerprint density at radius 1 is 1.26 bits per heavy atom. The van der Waals surface area contributed by atoms with Crippen molar-refractivity contribution in [2.75, 3.05) is 20.2 Å². The van der Waals surface area contributed by atoms with Gasteiger partial charge in [0.1, 0.15) is 12.4 Å². The van der Waals surface area contributed by atoms with Gasteiger partial charge >= 0.3 is 0 Å². The SMILES string of the molecule is Cc1ccccc1OCCN(C)C(=O)c1ccc2nc[nH]c2c1. The van der Waals surface area contributed by atoms with E-state index in [1.165, 1.54) is 0 Å². The molecule has 0 radical (unpaired) electrons. The van der Waals surface area contributed by atoms with E-state index < -0.39 is 0 Å². The van der Waals surface area contributed by atoms with Gasteiger partial charge in [-0.25, -0.2) is 4.98 Å². The average molecular weight is 309 g/mol. The molecule has 1 amide bonds. The molecule has 0 spiro atoms. The number of ether oxygens (including phenoxy) is 1. The van der Waals surface area contributed by atoms with Gasteiger partial charge in [0.05, 0.1) is 23.9 Å². The van der Waals surface area contributed by atoms with E-state index >= 15 is 0 Å². The summed E-state index contributed by atoms with van der Waals surface area (Å²) in [6.07, 6.45) is 1.62. The van der Waals surface area contributed by atoms with Crippen LogP contribution in [0.5, 0.6) is 5.75 Å². The Bertz CT molecular complexity index is 826. The maximum Gasteiger partial charge on any atom is 0.253 e. The van der Waals surface area contributed by atoms with Crippen molar-refractivity contribution >= 4 is 16.9 Å². The summed E-state index contributed by atoms with van der Waals surface area (Å²) in [7, 11) is 1.78. The summed E-state index contributed by atoms with van der Waals surface area (Å²) < 4.78 is 5.74. The molecule has 0 aliphatic rings. The molecule has 23 heavy (non-hydrogen) atoms. The van der Waals surface area contributed by atoms with E-state index in [1.807, 2.05) is 43.3 Å². The van der Waals surface area contributed by atoms with E-state index in [9.17, 15) is 4.79 Å². The highest BCUT2D eigenvalue weighted by Gasteiger charge is 2.12. The predicted molar refractivity (Wildman–Crippen MR) is 89.7 cm³/mol. The van der Waals surface area contributed by atoms with E-state index in [1.54, 1.807) is 24.3 Å². The van der Waals surface area contributed by atoms with E-state index in [2.05, 4.69) is 9.97 Å². The summed E-state index contributed by atoms with van der Waals surface area (Å²) in [5, 5.41) is 0. The predicted octanol–water partition coefficient (Wildman–Crippen LogP) is 3.02. The molecule has 0 fully saturated rings. The summed E-state index contributed by atoms with van der Waals surface area (Å²) >= 11 is 0. The molecule has 3 rings (SSSR count). The third kappa shape index (κ3) is 3.34. The number of nitrogens with one attached hydrogen (secondary N) is 1. The number of aryl methyl sites for hydroxylation is 1. The number of hydrogen-bond acceptors (Lipinski definition) is 3. The fourth-order valence-corrected chi connectivity index (χ4v) is 2.40. The maximum atomic E-state index is 12.5. The van der Waals surface area contributed by atoms with Gasteiger partial charge in [-0.3, -0.25) is 4.79 Å². The number of para-hydroxylation sites is 1. The third-order valence-electron chi connectivity index (χ3n) is 3.79. The molecule has 0 aliphatic carbocycles. The summed E-state index contributed by atoms with van der Waals surface area (Å²) in [6.45, 7) is 2.98. The Morgan fingerprint density at radius 3 is 2.91 bits per heavy atom. The first-order valence-electron chi connectivity index (χ1n) is 7.52. The van der Waals surface area contributed by atoms with Gasteiger partial charge in [0, 0.05) is 12.6 Å². The second kappa shape index (κ2) is 6.52. The molecule has 0 aliphatic heterocycles. The van der Waals surface area contributed by atoms with Crippen LogP contribution in [0.1, 0.15) is 15.9 Å². The van der Waals surface area contributed by atoms with Gasteiger partial charge in [-0.1, -0.05) is 18.2 Å². The summed E-state index contributed by atoms with van der Waals surface area (Å²) in [4.78, 5) is 21.3. The number of hydrogen-bond donors (Lipinski definition) is 1. The first kappa shape index (κ1) is 15.1. The molecule has 1 heterocycles. The first-order chi connectivity index (χ1) is 11.1. The van der Waals surface area contributed by atoms with Crippen molar-refractivity contribution < 1.29 is 9.53 Å². The molecule has 5 nitrogen and oxygen atoms in total. The van der Waals surface area contributed by atoms with E-state index in [4.69, 9.17) is 4.74 Å². The minimum absolute atomic E-state index is 0.0325. The topological polar surface area (TPSA) is 58.2 Å². The number of likely N-dealkylation sites (N-methyl/N-ethyl adjacent to an activating group) is 1. The number of imidazole rings is 1. The third-order valence-corrected chi connectivity index (χ3v) is 3.79. The zero-order chi connectivity index (χ0) is 16.2. The Hall–Kier alpha value is -2.82. The van der Waals surface area contributed by atoms with Crippen LogP contribution in [0.2, 0.25) is 0 Å². The van der Waals surface area contributed by atoms with E-state index in [0.717, 1.165) is 22.3 Å². The van der Waals surface area contributed by atoms with Crippen molar-refractivity contribution in [1.29, 1.82) is 0 Å². The lowest BCUT2D eigenvalue weighted by atomic mass is 10.2. The zero-order valence-electron chi connectivity index (χ0n) is 13.2.